The molecule has 11 heteroatoms. The number of rotatable bonds is 16. The van der Waals surface area contributed by atoms with Gasteiger partial charge in [-0.25, -0.2) is 14.7 Å². The van der Waals surface area contributed by atoms with Crippen LogP contribution in [0.25, 0.3) is 0 Å². The van der Waals surface area contributed by atoms with Crippen molar-refractivity contribution in [1.82, 2.24) is 24.7 Å². The highest BCUT2D eigenvalue weighted by atomic mass is 16.6. The van der Waals surface area contributed by atoms with Crippen LogP contribution in [0.4, 0.5) is 27.9 Å². The van der Waals surface area contributed by atoms with Crippen LogP contribution < -0.4 is 15.0 Å². The van der Waals surface area contributed by atoms with Gasteiger partial charge >= 0.3 is 6.09 Å². The molecule has 0 aliphatic carbocycles. The molecule has 3 aromatic carbocycles. The summed E-state index contributed by atoms with van der Waals surface area (Å²) in [6, 6.07) is 21.9. The van der Waals surface area contributed by atoms with Gasteiger partial charge in [0.1, 0.15) is 11.6 Å². The number of amides is 3. The number of likely N-dealkylation sites (N-methyl/N-ethyl adjacent to an activating group) is 2. The number of ether oxygens (including phenoxy) is 1. The summed E-state index contributed by atoms with van der Waals surface area (Å²) in [5.41, 5.74) is 4.55. The lowest BCUT2D eigenvalue weighted by molar-refractivity contribution is -0.130. The Bertz CT molecular complexity index is 1750. The van der Waals surface area contributed by atoms with Gasteiger partial charge in [0, 0.05) is 63.2 Å². The molecule has 0 spiro atoms. The average Bonchev–Trinajstić information content (AvgIpc) is 3.13. The molecule has 0 saturated carbocycles. The van der Waals surface area contributed by atoms with Crippen LogP contribution in [0.2, 0.25) is 0 Å². The largest absolute Gasteiger partial charge is 0.425 e. The standard InChI is InChI=1S/C40H51N7O4/c1-8-45(9-2)27-26-44(7)38(49)32-19-21-33(22-20-32)42-39-41-25-24-35(43-39)47(37-29(5)14-12-15-30(37)6)40(50)51-34-17-13-16-31(28-34)18-23-36(48)46(10-3)11-4/h12-17,19-22,24-25,28H,8-11,18,23,26-27H2,1-7H3,(H,41,42,43). The van der Waals surface area contributed by atoms with Gasteiger partial charge in [-0.3, -0.25) is 9.59 Å². The summed E-state index contributed by atoms with van der Waals surface area (Å²) in [7, 11) is 1.82. The van der Waals surface area contributed by atoms with Crippen molar-refractivity contribution in [3.63, 3.8) is 0 Å². The molecule has 0 bridgehead atoms. The third-order valence-electron chi connectivity index (χ3n) is 8.94. The molecule has 4 rings (SSSR count). The zero-order valence-electron chi connectivity index (χ0n) is 31.0. The van der Waals surface area contributed by atoms with Crippen LogP contribution in [0.15, 0.2) is 79.0 Å². The molecule has 0 fully saturated rings. The molecule has 11 nitrogen and oxygen atoms in total. The molecule has 1 heterocycles. The van der Waals surface area contributed by atoms with Crippen LogP contribution in [0.1, 0.15) is 61.2 Å². The van der Waals surface area contributed by atoms with E-state index in [2.05, 4.69) is 29.0 Å². The Balaban J connectivity index is 1.53. The fourth-order valence-corrected chi connectivity index (χ4v) is 5.87. The Kier molecular flexibility index (Phi) is 14.1. The summed E-state index contributed by atoms with van der Waals surface area (Å²) in [5.74, 6) is 0.998. The number of aromatic nitrogens is 2. The zero-order valence-corrected chi connectivity index (χ0v) is 31.0. The van der Waals surface area contributed by atoms with Crippen molar-refractivity contribution in [2.24, 2.45) is 0 Å². The summed E-state index contributed by atoms with van der Waals surface area (Å²) in [6.45, 7) is 16.7. The van der Waals surface area contributed by atoms with Crippen LogP contribution in [-0.2, 0) is 11.2 Å². The SMILES string of the molecule is CCN(CC)CCN(C)C(=O)c1ccc(Nc2nccc(N(C(=O)Oc3cccc(CCC(=O)N(CC)CC)c3)c3c(C)cccc3C)n2)cc1. The van der Waals surface area contributed by atoms with Crippen molar-refractivity contribution in [3.8, 4) is 5.75 Å². The summed E-state index contributed by atoms with van der Waals surface area (Å²) in [6.07, 6.45) is 1.85. The molecule has 0 aliphatic heterocycles. The van der Waals surface area contributed by atoms with Crippen LogP contribution in [0.5, 0.6) is 5.75 Å². The van der Waals surface area contributed by atoms with Crippen molar-refractivity contribution in [2.45, 2.75) is 54.4 Å². The summed E-state index contributed by atoms with van der Waals surface area (Å²) in [5, 5.41) is 3.20. The first-order valence-electron chi connectivity index (χ1n) is 17.7. The minimum atomic E-state index is -0.638. The zero-order chi connectivity index (χ0) is 36.9. The lowest BCUT2D eigenvalue weighted by atomic mass is 10.1. The third kappa shape index (κ3) is 10.4. The van der Waals surface area contributed by atoms with Crippen molar-refractivity contribution in [3.05, 3.63) is 101 Å². The highest BCUT2D eigenvalue weighted by Crippen LogP contribution is 2.32. The van der Waals surface area contributed by atoms with Crippen molar-refractivity contribution >= 4 is 41.0 Å². The van der Waals surface area contributed by atoms with E-state index in [9.17, 15) is 14.4 Å². The second-order valence-electron chi connectivity index (χ2n) is 12.4. The van der Waals surface area contributed by atoms with Crippen LogP contribution in [0.3, 0.4) is 0 Å². The maximum Gasteiger partial charge on any atom is 0.425 e. The monoisotopic (exact) mass is 693 g/mol. The Hall–Kier alpha value is -5.29. The average molecular weight is 694 g/mol. The lowest BCUT2D eigenvalue weighted by Gasteiger charge is -2.25. The highest BCUT2D eigenvalue weighted by Gasteiger charge is 2.26. The first kappa shape index (κ1) is 38.5. The molecule has 0 radical (unpaired) electrons. The Morgan fingerprint density at radius 2 is 1.47 bits per heavy atom. The molecular weight excluding hydrogens is 642 g/mol. The van der Waals surface area contributed by atoms with E-state index in [0.29, 0.717) is 61.0 Å². The maximum atomic E-state index is 14.0. The number of nitrogens with one attached hydrogen (secondary N) is 1. The van der Waals surface area contributed by atoms with Crippen LogP contribution in [-0.4, -0.2) is 88.9 Å². The summed E-state index contributed by atoms with van der Waals surface area (Å²) >= 11 is 0. The fraction of sp³-hybridized carbons (Fsp3) is 0.375. The maximum absolute atomic E-state index is 14.0. The second-order valence-corrected chi connectivity index (χ2v) is 12.4. The van der Waals surface area contributed by atoms with Gasteiger partial charge < -0.3 is 24.8 Å². The molecule has 0 unspecified atom stereocenters. The highest BCUT2D eigenvalue weighted by molar-refractivity contribution is 5.98. The number of carbonyl (C=O) groups is 3. The van der Waals surface area contributed by atoms with E-state index in [1.165, 1.54) is 4.90 Å². The number of hydrogen-bond acceptors (Lipinski definition) is 8. The topological polar surface area (TPSA) is 111 Å². The van der Waals surface area contributed by atoms with Gasteiger partial charge in [0.25, 0.3) is 5.91 Å². The molecule has 0 atom stereocenters. The molecule has 1 aromatic heterocycles. The van der Waals surface area contributed by atoms with Crippen LogP contribution >= 0.6 is 0 Å². The normalized spacial score (nSPS) is 10.9. The predicted octanol–water partition coefficient (Wildman–Crippen LogP) is 7.39. The van der Waals surface area contributed by atoms with Gasteiger partial charge in [-0.1, -0.05) is 44.2 Å². The quantitative estimate of drug-likeness (QED) is 0.129. The molecule has 3 amide bonds. The molecule has 0 aliphatic rings. The van der Waals surface area contributed by atoms with E-state index in [-0.39, 0.29) is 17.8 Å². The number of anilines is 4. The first-order chi connectivity index (χ1) is 24.6. The second kappa shape index (κ2) is 18.6. The molecule has 51 heavy (non-hydrogen) atoms. The Labute approximate surface area is 302 Å². The Morgan fingerprint density at radius 1 is 0.804 bits per heavy atom. The minimum Gasteiger partial charge on any atom is -0.410 e. The Morgan fingerprint density at radius 3 is 2.12 bits per heavy atom. The fourth-order valence-electron chi connectivity index (χ4n) is 5.87. The molecule has 0 saturated heterocycles. The number of para-hydroxylation sites is 1. The van der Waals surface area contributed by atoms with E-state index in [0.717, 1.165) is 36.3 Å². The van der Waals surface area contributed by atoms with Gasteiger partial charge in [0.2, 0.25) is 11.9 Å². The smallest absolute Gasteiger partial charge is 0.410 e. The van der Waals surface area contributed by atoms with Gasteiger partial charge in [-0.05, 0) is 100 Å². The van der Waals surface area contributed by atoms with Gasteiger partial charge in [-0.2, -0.15) is 4.98 Å². The summed E-state index contributed by atoms with van der Waals surface area (Å²) in [4.78, 5) is 56.0. The number of carbonyl (C=O) groups excluding carboxylic acids is 3. The van der Waals surface area contributed by atoms with Crippen molar-refractivity contribution in [2.75, 3.05) is 56.5 Å². The number of aryl methyl sites for hydroxylation is 3. The number of benzene rings is 3. The van der Waals surface area contributed by atoms with E-state index >= 15 is 0 Å². The van der Waals surface area contributed by atoms with E-state index < -0.39 is 6.09 Å². The van der Waals surface area contributed by atoms with E-state index in [1.807, 2.05) is 82.1 Å². The molecular formula is C40H51N7O4. The van der Waals surface area contributed by atoms with Gasteiger partial charge in [0.15, 0.2) is 0 Å². The molecule has 1 N–H and O–H groups in total. The van der Waals surface area contributed by atoms with Gasteiger partial charge in [-0.15, -0.1) is 0 Å². The van der Waals surface area contributed by atoms with Gasteiger partial charge in [0.05, 0.1) is 5.69 Å². The van der Waals surface area contributed by atoms with E-state index in [4.69, 9.17) is 9.72 Å². The van der Waals surface area contributed by atoms with Crippen molar-refractivity contribution < 1.29 is 19.1 Å². The summed E-state index contributed by atoms with van der Waals surface area (Å²) < 4.78 is 5.96. The van der Waals surface area contributed by atoms with Crippen molar-refractivity contribution in [1.29, 1.82) is 0 Å². The first-order valence-corrected chi connectivity index (χ1v) is 17.7. The number of nitrogens with zero attached hydrogens (tertiary/aromatic N) is 6. The third-order valence-corrected chi connectivity index (χ3v) is 8.94. The van der Waals surface area contributed by atoms with Crippen LogP contribution in [0, 0.1) is 13.8 Å². The lowest BCUT2D eigenvalue weighted by Crippen LogP contribution is -2.36. The minimum absolute atomic E-state index is 0.0478. The molecule has 270 valence electrons. The predicted molar refractivity (Wildman–Crippen MR) is 203 cm³/mol. The van der Waals surface area contributed by atoms with E-state index in [1.54, 1.807) is 41.4 Å². The number of hydrogen-bond donors (Lipinski definition) is 1. The molecule has 4 aromatic rings.